The van der Waals surface area contributed by atoms with Crippen molar-refractivity contribution >= 4 is 34.8 Å². The number of ketones is 1. The summed E-state index contributed by atoms with van der Waals surface area (Å²) < 4.78 is 0. The minimum absolute atomic E-state index is 0.191. The van der Waals surface area contributed by atoms with Crippen LogP contribution in [0.15, 0.2) is 84.9 Å². The highest BCUT2D eigenvalue weighted by molar-refractivity contribution is 6.40. The van der Waals surface area contributed by atoms with E-state index in [-0.39, 0.29) is 5.78 Å². The van der Waals surface area contributed by atoms with E-state index < -0.39 is 0 Å². The van der Waals surface area contributed by atoms with Crippen LogP contribution in [0.4, 0.5) is 0 Å². The number of hydrogen-bond acceptors (Lipinski definition) is 2. The summed E-state index contributed by atoms with van der Waals surface area (Å²) in [5.74, 6) is -0.191. The molecule has 122 valence electrons. The van der Waals surface area contributed by atoms with Crippen molar-refractivity contribution in [3.05, 3.63) is 107 Å². The zero-order valence-corrected chi connectivity index (χ0v) is 14.1. The second kappa shape index (κ2) is 7.73. The van der Waals surface area contributed by atoms with Crippen LogP contribution < -0.4 is 0 Å². The highest BCUT2D eigenvalue weighted by Gasteiger charge is 2.20. The predicted octanol–water partition coefficient (Wildman–Crippen LogP) is 5.33. The summed E-state index contributed by atoms with van der Waals surface area (Å²) in [4.78, 5) is 25.0. The van der Waals surface area contributed by atoms with Crippen molar-refractivity contribution in [2.45, 2.75) is 0 Å². The van der Waals surface area contributed by atoms with Crippen molar-refractivity contribution in [1.29, 1.82) is 0 Å². The molecule has 0 spiro atoms. The molecule has 3 aromatic carbocycles. The van der Waals surface area contributed by atoms with Gasteiger partial charge in [-0.25, -0.2) is 0 Å². The van der Waals surface area contributed by atoms with Crippen LogP contribution in [0.3, 0.4) is 0 Å². The number of allylic oxidation sites excluding steroid dienone is 2. The number of aldehydes is 1. The SMILES string of the molecule is O=CC(=C(C(=O)c1ccccc1)c1ccccc1)c1ccc(Cl)cc1. The molecule has 0 bridgehead atoms. The normalized spacial score (nSPS) is 11.6. The maximum absolute atomic E-state index is 13.1. The maximum atomic E-state index is 13.1. The molecule has 3 rings (SSSR count). The van der Waals surface area contributed by atoms with Gasteiger partial charge in [0.2, 0.25) is 0 Å². The Morgan fingerprint density at radius 3 is 1.72 bits per heavy atom. The van der Waals surface area contributed by atoms with E-state index in [4.69, 9.17) is 11.6 Å². The first-order valence-corrected chi connectivity index (χ1v) is 8.19. The lowest BCUT2D eigenvalue weighted by Crippen LogP contribution is -2.06. The first kappa shape index (κ1) is 16.9. The average Bonchev–Trinajstić information content (AvgIpc) is 2.68. The molecule has 0 unspecified atom stereocenters. The minimum atomic E-state index is -0.191. The summed E-state index contributed by atoms with van der Waals surface area (Å²) in [6.45, 7) is 0. The first-order valence-electron chi connectivity index (χ1n) is 7.81. The van der Waals surface area contributed by atoms with Gasteiger partial charge in [0.05, 0.1) is 0 Å². The van der Waals surface area contributed by atoms with E-state index in [1.54, 1.807) is 48.5 Å². The van der Waals surface area contributed by atoms with Gasteiger partial charge in [-0.2, -0.15) is 0 Å². The lowest BCUT2D eigenvalue weighted by molar-refractivity contribution is -0.103. The van der Waals surface area contributed by atoms with Crippen LogP contribution in [-0.2, 0) is 4.79 Å². The van der Waals surface area contributed by atoms with Gasteiger partial charge in [0.1, 0.15) is 0 Å². The Labute approximate surface area is 151 Å². The lowest BCUT2D eigenvalue weighted by atomic mass is 9.89. The first-order chi connectivity index (χ1) is 12.2. The monoisotopic (exact) mass is 346 g/mol. The van der Waals surface area contributed by atoms with Gasteiger partial charge < -0.3 is 0 Å². The number of halogens is 1. The largest absolute Gasteiger partial charge is 0.298 e. The van der Waals surface area contributed by atoms with E-state index in [0.717, 1.165) is 6.29 Å². The maximum Gasteiger partial charge on any atom is 0.194 e. The Morgan fingerprint density at radius 1 is 0.680 bits per heavy atom. The summed E-state index contributed by atoms with van der Waals surface area (Å²) in [5, 5.41) is 0.574. The summed E-state index contributed by atoms with van der Waals surface area (Å²) in [6, 6.07) is 25.1. The molecule has 0 aliphatic heterocycles. The molecule has 25 heavy (non-hydrogen) atoms. The molecule has 0 aromatic heterocycles. The highest BCUT2D eigenvalue weighted by atomic mass is 35.5. The summed E-state index contributed by atoms with van der Waals surface area (Å²) >= 11 is 5.94. The Morgan fingerprint density at radius 2 is 1.20 bits per heavy atom. The van der Waals surface area contributed by atoms with Crippen molar-refractivity contribution in [2.75, 3.05) is 0 Å². The number of rotatable bonds is 5. The van der Waals surface area contributed by atoms with E-state index in [2.05, 4.69) is 0 Å². The Balaban J connectivity index is 2.24. The Hall–Kier alpha value is -2.97. The van der Waals surface area contributed by atoms with Crippen LogP contribution in [0.5, 0.6) is 0 Å². The molecule has 0 aliphatic rings. The second-order valence-electron chi connectivity index (χ2n) is 5.47. The van der Waals surface area contributed by atoms with Crippen LogP contribution in [0.25, 0.3) is 11.1 Å². The van der Waals surface area contributed by atoms with Crippen molar-refractivity contribution in [2.24, 2.45) is 0 Å². The molecule has 0 N–H and O–H groups in total. The van der Waals surface area contributed by atoms with Gasteiger partial charge >= 0.3 is 0 Å². The summed E-state index contributed by atoms with van der Waals surface area (Å²) in [5.41, 5.74) is 2.62. The molecular weight excluding hydrogens is 332 g/mol. The molecule has 0 saturated heterocycles. The molecule has 0 saturated carbocycles. The Bertz CT molecular complexity index is 911. The van der Waals surface area contributed by atoms with Crippen molar-refractivity contribution in [3.8, 4) is 0 Å². The summed E-state index contributed by atoms with van der Waals surface area (Å²) in [7, 11) is 0. The fourth-order valence-corrected chi connectivity index (χ4v) is 2.77. The number of carbonyl (C=O) groups excluding carboxylic acids is 2. The molecule has 0 radical (unpaired) electrons. The summed E-state index contributed by atoms with van der Waals surface area (Å²) in [6.07, 6.45) is 0.729. The molecule has 0 aliphatic carbocycles. The fourth-order valence-electron chi connectivity index (χ4n) is 2.65. The zero-order chi connectivity index (χ0) is 17.6. The number of benzene rings is 3. The Kier molecular flexibility index (Phi) is 5.22. The van der Waals surface area contributed by atoms with Gasteiger partial charge in [0, 0.05) is 21.7 Å². The third-order valence-corrected chi connectivity index (χ3v) is 4.12. The second-order valence-corrected chi connectivity index (χ2v) is 5.91. The molecule has 2 nitrogen and oxygen atoms in total. The van der Waals surface area contributed by atoms with Crippen LogP contribution in [0, 0.1) is 0 Å². The van der Waals surface area contributed by atoms with Crippen LogP contribution in [0.1, 0.15) is 21.5 Å². The molecule has 3 aromatic rings. The van der Waals surface area contributed by atoms with E-state index in [1.165, 1.54) is 0 Å². The van der Waals surface area contributed by atoms with Crippen molar-refractivity contribution in [1.82, 2.24) is 0 Å². The number of hydrogen-bond donors (Lipinski definition) is 0. The van der Waals surface area contributed by atoms with Crippen LogP contribution >= 0.6 is 11.6 Å². The van der Waals surface area contributed by atoms with E-state index in [0.29, 0.717) is 32.9 Å². The quantitative estimate of drug-likeness (QED) is 0.271. The van der Waals surface area contributed by atoms with Gasteiger partial charge in [-0.1, -0.05) is 84.4 Å². The third kappa shape index (κ3) is 3.76. The number of Topliss-reactive ketones (excluding diaryl/α,β-unsaturated/α-hetero) is 1. The van der Waals surface area contributed by atoms with Gasteiger partial charge in [-0.3, -0.25) is 9.59 Å². The average molecular weight is 347 g/mol. The van der Waals surface area contributed by atoms with Crippen molar-refractivity contribution in [3.63, 3.8) is 0 Å². The highest BCUT2D eigenvalue weighted by Crippen LogP contribution is 2.29. The van der Waals surface area contributed by atoms with E-state index in [1.807, 2.05) is 36.4 Å². The van der Waals surface area contributed by atoms with Gasteiger partial charge in [-0.05, 0) is 23.3 Å². The number of carbonyl (C=O) groups is 2. The van der Waals surface area contributed by atoms with Gasteiger partial charge in [0.25, 0.3) is 0 Å². The van der Waals surface area contributed by atoms with Gasteiger partial charge in [0.15, 0.2) is 12.1 Å². The predicted molar refractivity (Wildman–Crippen MR) is 102 cm³/mol. The smallest absolute Gasteiger partial charge is 0.194 e. The molecule has 0 heterocycles. The standard InChI is InChI=1S/C22H15ClO2/c23-19-13-11-16(12-14-19)20(15-24)21(17-7-3-1-4-8-17)22(25)18-9-5-2-6-10-18/h1-15H. The lowest BCUT2D eigenvalue weighted by Gasteiger charge is -2.12. The molecular formula is C22H15ClO2. The third-order valence-electron chi connectivity index (χ3n) is 3.87. The topological polar surface area (TPSA) is 34.1 Å². The van der Waals surface area contributed by atoms with E-state index >= 15 is 0 Å². The molecule has 3 heteroatoms. The molecule has 0 fully saturated rings. The van der Waals surface area contributed by atoms with Crippen molar-refractivity contribution < 1.29 is 9.59 Å². The van der Waals surface area contributed by atoms with Crippen LogP contribution in [-0.4, -0.2) is 12.1 Å². The minimum Gasteiger partial charge on any atom is -0.298 e. The zero-order valence-electron chi connectivity index (χ0n) is 13.4. The molecule has 0 atom stereocenters. The molecule has 0 amide bonds. The van der Waals surface area contributed by atoms with Gasteiger partial charge in [-0.15, -0.1) is 0 Å². The van der Waals surface area contributed by atoms with E-state index in [9.17, 15) is 9.59 Å². The fraction of sp³-hybridized carbons (Fsp3) is 0. The van der Waals surface area contributed by atoms with Crippen LogP contribution in [0.2, 0.25) is 5.02 Å².